The smallest absolute Gasteiger partial charge is 0.242 e. The minimum atomic E-state index is -0.250. The highest BCUT2D eigenvalue weighted by molar-refractivity contribution is 7.09. The summed E-state index contributed by atoms with van der Waals surface area (Å²) >= 11 is 1.60. The number of rotatable bonds is 3. The van der Waals surface area contributed by atoms with Crippen molar-refractivity contribution in [3.8, 4) is 0 Å². The van der Waals surface area contributed by atoms with Crippen LogP contribution >= 0.6 is 11.3 Å². The van der Waals surface area contributed by atoms with Crippen LogP contribution in [0.1, 0.15) is 27.9 Å². The second-order valence-corrected chi connectivity index (χ2v) is 5.97. The molecule has 1 atom stereocenters. The van der Waals surface area contributed by atoms with Gasteiger partial charge in [0.1, 0.15) is 6.04 Å². The summed E-state index contributed by atoms with van der Waals surface area (Å²) < 4.78 is 0. The van der Waals surface area contributed by atoms with Gasteiger partial charge in [0.2, 0.25) is 5.91 Å². The lowest BCUT2D eigenvalue weighted by Crippen LogP contribution is -2.41. The van der Waals surface area contributed by atoms with Gasteiger partial charge in [0.15, 0.2) is 0 Å². The molecule has 0 aliphatic carbocycles. The number of aryl methyl sites for hydroxylation is 1. The van der Waals surface area contributed by atoms with E-state index in [2.05, 4.69) is 21.7 Å². The topological polar surface area (TPSA) is 54.0 Å². The highest BCUT2D eigenvalue weighted by atomic mass is 32.1. The molecular weight excluding hydrogens is 270 g/mol. The summed E-state index contributed by atoms with van der Waals surface area (Å²) in [4.78, 5) is 16.7. The lowest BCUT2D eigenvalue weighted by Gasteiger charge is -2.25. The maximum Gasteiger partial charge on any atom is 0.242 e. The summed E-state index contributed by atoms with van der Waals surface area (Å²) in [6, 6.07) is 7.88. The van der Waals surface area contributed by atoms with Crippen molar-refractivity contribution in [1.29, 1.82) is 0 Å². The van der Waals surface area contributed by atoms with E-state index >= 15 is 0 Å². The number of aromatic nitrogens is 1. The van der Waals surface area contributed by atoms with E-state index in [1.165, 1.54) is 5.56 Å². The van der Waals surface area contributed by atoms with Gasteiger partial charge in [-0.3, -0.25) is 4.79 Å². The Morgan fingerprint density at radius 3 is 3.15 bits per heavy atom. The molecule has 0 saturated carbocycles. The maximum atomic E-state index is 12.3. The van der Waals surface area contributed by atoms with Crippen LogP contribution in [-0.2, 0) is 17.8 Å². The number of carbonyl (C=O) groups excluding carboxylic acids is 1. The van der Waals surface area contributed by atoms with Crippen molar-refractivity contribution in [2.45, 2.75) is 25.9 Å². The fraction of sp³-hybridized carbons (Fsp3) is 0.333. The molecule has 2 heterocycles. The molecule has 1 aromatic carbocycles. The molecule has 2 N–H and O–H groups in total. The molecule has 5 heteroatoms. The Kier molecular flexibility index (Phi) is 3.80. The zero-order valence-corrected chi connectivity index (χ0v) is 12.2. The van der Waals surface area contributed by atoms with Crippen molar-refractivity contribution in [2.24, 2.45) is 0 Å². The number of amides is 1. The standard InChI is InChI=1S/C15H17N3OS/c1-10-18-12(9-20-10)8-17-15(19)14-13-5-3-2-4-11(13)6-7-16-14/h2-5,9,14,16H,6-8H2,1H3,(H,17,19). The highest BCUT2D eigenvalue weighted by Gasteiger charge is 2.25. The minimum absolute atomic E-state index is 0.0165. The van der Waals surface area contributed by atoms with E-state index in [0.29, 0.717) is 6.54 Å². The third-order valence-electron chi connectivity index (χ3n) is 3.48. The average Bonchev–Trinajstić information content (AvgIpc) is 2.90. The fourth-order valence-corrected chi connectivity index (χ4v) is 3.12. The van der Waals surface area contributed by atoms with Gasteiger partial charge in [0.25, 0.3) is 0 Å². The van der Waals surface area contributed by atoms with E-state index in [0.717, 1.165) is 29.2 Å². The number of carbonyl (C=O) groups is 1. The van der Waals surface area contributed by atoms with Crippen LogP contribution in [0.4, 0.5) is 0 Å². The molecule has 0 saturated heterocycles. The number of nitrogens with one attached hydrogen (secondary N) is 2. The number of hydrogen-bond donors (Lipinski definition) is 2. The summed E-state index contributed by atoms with van der Waals surface area (Å²) in [6.45, 7) is 3.29. The molecule has 0 radical (unpaired) electrons. The third kappa shape index (κ3) is 2.73. The molecule has 1 aromatic heterocycles. The highest BCUT2D eigenvalue weighted by Crippen LogP contribution is 2.22. The molecule has 1 amide bonds. The van der Waals surface area contributed by atoms with Gasteiger partial charge in [0, 0.05) is 11.9 Å². The van der Waals surface area contributed by atoms with Crippen molar-refractivity contribution < 1.29 is 4.79 Å². The van der Waals surface area contributed by atoms with Gasteiger partial charge >= 0.3 is 0 Å². The van der Waals surface area contributed by atoms with Gasteiger partial charge in [-0.1, -0.05) is 24.3 Å². The Morgan fingerprint density at radius 1 is 1.50 bits per heavy atom. The number of thiazole rings is 1. The summed E-state index contributed by atoms with van der Waals surface area (Å²) in [6.07, 6.45) is 0.977. The lowest BCUT2D eigenvalue weighted by atomic mass is 9.94. The molecule has 20 heavy (non-hydrogen) atoms. The van der Waals surface area contributed by atoms with Gasteiger partial charge in [-0.25, -0.2) is 4.98 Å². The van der Waals surface area contributed by atoms with Crippen molar-refractivity contribution in [2.75, 3.05) is 6.54 Å². The van der Waals surface area contributed by atoms with Crippen molar-refractivity contribution in [1.82, 2.24) is 15.6 Å². The Labute approximate surface area is 122 Å². The van der Waals surface area contributed by atoms with Crippen LogP contribution in [0.5, 0.6) is 0 Å². The van der Waals surface area contributed by atoms with Crippen molar-refractivity contribution in [3.05, 3.63) is 51.5 Å². The van der Waals surface area contributed by atoms with Crippen LogP contribution in [-0.4, -0.2) is 17.4 Å². The second-order valence-electron chi connectivity index (χ2n) is 4.91. The quantitative estimate of drug-likeness (QED) is 0.907. The van der Waals surface area contributed by atoms with Gasteiger partial charge < -0.3 is 10.6 Å². The van der Waals surface area contributed by atoms with Gasteiger partial charge in [-0.2, -0.15) is 0 Å². The molecule has 1 aliphatic rings. The first kappa shape index (κ1) is 13.3. The summed E-state index contributed by atoms with van der Waals surface area (Å²) in [5, 5.41) is 9.26. The Hall–Kier alpha value is -1.72. The molecule has 4 nitrogen and oxygen atoms in total. The first-order valence-electron chi connectivity index (χ1n) is 6.74. The van der Waals surface area contributed by atoms with E-state index in [1.807, 2.05) is 30.5 Å². The predicted molar refractivity (Wildman–Crippen MR) is 79.6 cm³/mol. The summed E-state index contributed by atoms with van der Waals surface area (Å²) in [5.74, 6) is 0.0165. The number of nitrogens with zero attached hydrogens (tertiary/aromatic N) is 1. The Morgan fingerprint density at radius 2 is 2.35 bits per heavy atom. The molecule has 2 aromatic rings. The number of benzene rings is 1. The van der Waals surface area contributed by atoms with E-state index in [4.69, 9.17) is 0 Å². The molecule has 1 unspecified atom stereocenters. The molecule has 0 bridgehead atoms. The van der Waals surface area contributed by atoms with Crippen molar-refractivity contribution >= 4 is 17.2 Å². The minimum Gasteiger partial charge on any atom is -0.349 e. The zero-order chi connectivity index (χ0) is 13.9. The normalized spacial score (nSPS) is 17.6. The third-order valence-corrected chi connectivity index (χ3v) is 4.30. The first-order valence-corrected chi connectivity index (χ1v) is 7.62. The predicted octanol–water partition coefficient (Wildman–Crippen LogP) is 1.95. The van der Waals surface area contributed by atoms with Gasteiger partial charge in [-0.05, 0) is 24.5 Å². The number of hydrogen-bond acceptors (Lipinski definition) is 4. The molecule has 1 aliphatic heterocycles. The summed E-state index contributed by atoms with van der Waals surface area (Å²) in [7, 11) is 0. The van der Waals surface area contributed by atoms with Crippen LogP contribution in [0, 0.1) is 6.92 Å². The van der Waals surface area contributed by atoms with E-state index < -0.39 is 0 Å². The first-order chi connectivity index (χ1) is 9.74. The molecule has 104 valence electrons. The molecule has 0 fully saturated rings. The van der Waals surface area contributed by atoms with E-state index in [1.54, 1.807) is 11.3 Å². The Balaban J connectivity index is 1.69. The largest absolute Gasteiger partial charge is 0.349 e. The van der Waals surface area contributed by atoms with Crippen LogP contribution in [0.15, 0.2) is 29.6 Å². The Bertz CT molecular complexity index is 623. The average molecular weight is 287 g/mol. The van der Waals surface area contributed by atoms with Gasteiger partial charge in [-0.15, -0.1) is 11.3 Å². The lowest BCUT2D eigenvalue weighted by molar-refractivity contribution is -0.123. The molecule has 0 spiro atoms. The summed E-state index contributed by atoms with van der Waals surface area (Å²) in [5.41, 5.74) is 3.27. The van der Waals surface area contributed by atoms with Crippen molar-refractivity contribution in [3.63, 3.8) is 0 Å². The molecular formula is C15H17N3OS. The van der Waals surface area contributed by atoms with E-state index in [9.17, 15) is 4.79 Å². The zero-order valence-electron chi connectivity index (χ0n) is 11.3. The van der Waals surface area contributed by atoms with E-state index in [-0.39, 0.29) is 11.9 Å². The van der Waals surface area contributed by atoms with Crippen LogP contribution in [0.25, 0.3) is 0 Å². The van der Waals surface area contributed by atoms with Crippen LogP contribution in [0.2, 0.25) is 0 Å². The second kappa shape index (κ2) is 5.73. The molecule has 3 rings (SSSR count). The van der Waals surface area contributed by atoms with Crippen LogP contribution in [0.3, 0.4) is 0 Å². The van der Waals surface area contributed by atoms with Gasteiger partial charge in [0.05, 0.1) is 17.2 Å². The fourth-order valence-electron chi connectivity index (χ4n) is 2.51. The monoisotopic (exact) mass is 287 g/mol. The SMILES string of the molecule is Cc1nc(CNC(=O)C2NCCc3ccccc32)cs1. The van der Waals surface area contributed by atoms with Crippen LogP contribution < -0.4 is 10.6 Å². The maximum absolute atomic E-state index is 12.3. The number of fused-ring (bicyclic) bond motifs is 1.